The lowest BCUT2D eigenvalue weighted by Gasteiger charge is -2.45. The van der Waals surface area contributed by atoms with Crippen LogP contribution < -0.4 is 9.46 Å². The van der Waals surface area contributed by atoms with Crippen molar-refractivity contribution in [2.45, 2.75) is 75.9 Å². The maximum absolute atomic E-state index is 15.5. The summed E-state index contributed by atoms with van der Waals surface area (Å²) in [6.45, 7) is 6.88. The Kier molecular flexibility index (Phi) is 8.13. The summed E-state index contributed by atoms with van der Waals surface area (Å²) in [6.07, 6.45) is 5.99. The Balaban J connectivity index is 1.22. The van der Waals surface area contributed by atoms with Crippen molar-refractivity contribution in [3.8, 4) is 5.75 Å². The fraction of sp³-hybridized carbons (Fsp3) is 0.483. The van der Waals surface area contributed by atoms with Gasteiger partial charge in [-0.3, -0.25) is 4.72 Å². The summed E-state index contributed by atoms with van der Waals surface area (Å²) in [6, 6.07) is 7.13. The molecule has 0 atom stereocenters. The number of likely N-dealkylation sites (tertiary alicyclic amines) is 1. The summed E-state index contributed by atoms with van der Waals surface area (Å²) >= 11 is 12.4. The largest absolute Gasteiger partial charge is 0.487 e. The van der Waals surface area contributed by atoms with E-state index < -0.39 is 26.3 Å². The molecule has 0 bridgehead atoms. The van der Waals surface area contributed by atoms with E-state index in [0.717, 1.165) is 38.5 Å². The number of amides is 1. The molecule has 2 heterocycles. The highest BCUT2D eigenvalue weighted by molar-refractivity contribution is 7.92. The molecule has 1 saturated heterocycles. The van der Waals surface area contributed by atoms with Crippen LogP contribution in [0, 0.1) is 11.2 Å². The van der Waals surface area contributed by atoms with Gasteiger partial charge in [-0.05, 0) is 89.0 Å². The molecule has 1 amide bonds. The van der Waals surface area contributed by atoms with Crippen molar-refractivity contribution in [2.24, 2.45) is 5.41 Å². The molecule has 2 aliphatic rings. The number of piperidine rings is 1. The highest BCUT2D eigenvalue weighted by Gasteiger charge is 2.40. The van der Waals surface area contributed by atoms with E-state index in [0.29, 0.717) is 34.0 Å². The summed E-state index contributed by atoms with van der Waals surface area (Å²) in [7, 11) is -4.30. The van der Waals surface area contributed by atoms with Crippen LogP contribution in [0.15, 0.2) is 41.4 Å². The van der Waals surface area contributed by atoms with Gasteiger partial charge in [-0.25, -0.2) is 17.6 Å². The lowest BCUT2D eigenvalue weighted by atomic mass is 9.67. The third-order valence-electron chi connectivity index (χ3n) is 7.96. The zero-order valence-electron chi connectivity index (χ0n) is 23.2. The second-order valence-electron chi connectivity index (χ2n) is 11.9. The molecular formula is C29H34Cl2FN3O5S. The van der Waals surface area contributed by atoms with Gasteiger partial charge in [0.05, 0.1) is 27.4 Å². The molecule has 1 spiro atoms. The summed E-state index contributed by atoms with van der Waals surface area (Å²) in [4.78, 5) is 16.6. The first-order valence-corrected chi connectivity index (χ1v) is 15.9. The van der Waals surface area contributed by atoms with Gasteiger partial charge in [-0.1, -0.05) is 29.3 Å². The number of hydrogen-bond acceptors (Lipinski definition) is 5. The minimum Gasteiger partial charge on any atom is -0.487 e. The number of H-pyrrole nitrogens is 1. The molecule has 12 heteroatoms. The van der Waals surface area contributed by atoms with Crippen molar-refractivity contribution in [1.82, 2.24) is 9.88 Å². The van der Waals surface area contributed by atoms with Crippen LogP contribution in [0.5, 0.6) is 5.75 Å². The van der Waals surface area contributed by atoms with E-state index in [1.54, 1.807) is 4.90 Å². The van der Waals surface area contributed by atoms with E-state index in [4.69, 9.17) is 32.7 Å². The predicted octanol–water partition coefficient (Wildman–Crippen LogP) is 7.75. The molecule has 1 aliphatic carbocycles. The molecule has 0 unspecified atom stereocenters. The highest BCUT2D eigenvalue weighted by Crippen LogP contribution is 2.46. The summed E-state index contributed by atoms with van der Waals surface area (Å²) in [5.41, 5.74) is 0.184. The molecule has 1 aromatic heterocycles. The molecule has 2 N–H and O–H groups in total. The molecule has 1 saturated carbocycles. The summed E-state index contributed by atoms with van der Waals surface area (Å²) in [5.74, 6) is -1.04. The Labute approximate surface area is 249 Å². The molecule has 8 nitrogen and oxygen atoms in total. The maximum atomic E-state index is 15.5. The van der Waals surface area contributed by atoms with Crippen LogP contribution in [-0.2, 0) is 14.8 Å². The van der Waals surface area contributed by atoms with Gasteiger partial charge in [-0.15, -0.1) is 0 Å². The quantitative estimate of drug-likeness (QED) is 0.302. The molecule has 2 aromatic carbocycles. The number of nitrogens with one attached hydrogen (secondary N) is 2. The van der Waals surface area contributed by atoms with Crippen molar-refractivity contribution in [1.29, 1.82) is 0 Å². The number of fused-ring (bicyclic) bond motifs is 1. The molecule has 222 valence electrons. The predicted molar refractivity (Wildman–Crippen MR) is 158 cm³/mol. The van der Waals surface area contributed by atoms with Crippen LogP contribution in [0.25, 0.3) is 10.9 Å². The molecule has 5 rings (SSSR count). The Morgan fingerprint density at radius 2 is 1.76 bits per heavy atom. The van der Waals surface area contributed by atoms with E-state index in [-0.39, 0.29) is 29.0 Å². The van der Waals surface area contributed by atoms with Gasteiger partial charge in [0, 0.05) is 24.7 Å². The Morgan fingerprint density at radius 1 is 1.07 bits per heavy atom. The van der Waals surface area contributed by atoms with Gasteiger partial charge in [0.1, 0.15) is 10.5 Å². The number of ether oxygens (including phenoxy) is 2. The van der Waals surface area contributed by atoms with Crippen LogP contribution >= 0.6 is 23.2 Å². The molecule has 0 radical (unpaired) electrons. The average Bonchev–Trinajstić information content (AvgIpc) is 3.30. The van der Waals surface area contributed by atoms with Crippen molar-refractivity contribution >= 4 is 55.9 Å². The van der Waals surface area contributed by atoms with Crippen molar-refractivity contribution < 1.29 is 27.1 Å². The number of halogens is 3. The Morgan fingerprint density at radius 3 is 2.41 bits per heavy atom. The second-order valence-corrected chi connectivity index (χ2v) is 14.4. The smallest absolute Gasteiger partial charge is 0.410 e. The van der Waals surface area contributed by atoms with Crippen molar-refractivity contribution in [3.05, 3.63) is 52.4 Å². The number of aromatic nitrogens is 1. The second kappa shape index (κ2) is 11.2. The number of nitrogens with zero attached hydrogens (tertiary/aromatic N) is 1. The molecule has 1 aliphatic heterocycles. The topological polar surface area (TPSA) is 101 Å². The number of carbonyl (C=O) groups excluding carboxylic acids is 1. The zero-order chi connectivity index (χ0) is 29.6. The van der Waals surface area contributed by atoms with Crippen molar-refractivity contribution in [3.63, 3.8) is 0 Å². The maximum Gasteiger partial charge on any atom is 0.410 e. The van der Waals surface area contributed by atoms with Crippen LogP contribution in [0.1, 0.15) is 59.3 Å². The van der Waals surface area contributed by atoms with Gasteiger partial charge in [0.2, 0.25) is 0 Å². The molecule has 3 aromatic rings. The lowest BCUT2D eigenvalue weighted by molar-refractivity contribution is -0.00497. The SMILES string of the molecule is CC(C)(C)OC(=O)N1CCC2(CCC(Oc3cccc(S(=O)(=O)Nc4ccc(Cl)c5c(Cl)c[nH]c45)c3F)CC2)CC1. The number of sulfonamides is 1. The minimum atomic E-state index is -4.30. The molecule has 41 heavy (non-hydrogen) atoms. The number of aromatic amines is 1. The van der Waals surface area contributed by atoms with Crippen LogP contribution in [0.2, 0.25) is 10.0 Å². The van der Waals surface area contributed by atoms with E-state index in [2.05, 4.69) is 9.71 Å². The number of rotatable bonds is 5. The van der Waals surface area contributed by atoms with E-state index in [1.165, 1.54) is 36.5 Å². The number of hydrogen-bond donors (Lipinski definition) is 2. The zero-order valence-corrected chi connectivity index (χ0v) is 25.6. The average molecular weight is 627 g/mol. The third kappa shape index (κ3) is 6.39. The fourth-order valence-corrected chi connectivity index (χ4v) is 7.46. The van der Waals surface area contributed by atoms with Gasteiger partial charge >= 0.3 is 6.09 Å². The van der Waals surface area contributed by atoms with Crippen LogP contribution in [-0.4, -0.2) is 49.2 Å². The van der Waals surface area contributed by atoms with Crippen LogP contribution in [0.4, 0.5) is 14.9 Å². The van der Waals surface area contributed by atoms with Gasteiger partial charge in [0.15, 0.2) is 11.6 Å². The Hall–Kier alpha value is -2.69. The first kappa shape index (κ1) is 29.8. The van der Waals surface area contributed by atoms with Crippen LogP contribution in [0.3, 0.4) is 0 Å². The minimum absolute atomic E-state index is 0.0993. The van der Waals surface area contributed by atoms with Crippen molar-refractivity contribution in [2.75, 3.05) is 17.8 Å². The normalized spacial score (nSPS) is 18.0. The van der Waals surface area contributed by atoms with E-state index >= 15 is 4.39 Å². The van der Waals surface area contributed by atoms with Gasteiger partial charge < -0.3 is 19.4 Å². The fourth-order valence-electron chi connectivity index (χ4n) is 5.73. The highest BCUT2D eigenvalue weighted by atomic mass is 35.5. The first-order valence-electron chi connectivity index (χ1n) is 13.7. The number of anilines is 1. The first-order chi connectivity index (χ1) is 19.3. The van der Waals surface area contributed by atoms with E-state index in [1.807, 2.05) is 20.8 Å². The monoisotopic (exact) mass is 625 g/mol. The molecular weight excluding hydrogens is 592 g/mol. The summed E-state index contributed by atoms with van der Waals surface area (Å²) in [5, 5.41) is 1.17. The number of benzene rings is 2. The van der Waals surface area contributed by atoms with E-state index in [9.17, 15) is 13.2 Å². The Bertz CT molecular complexity index is 1550. The van der Waals surface area contributed by atoms with Gasteiger partial charge in [-0.2, -0.15) is 0 Å². The number of carbonyl (C=O) groups is 1. The summed E-state index contributed by atoms with van der Waals surface area (Å²) < 4.78 is 56.0. The lowest BCUT2D eigenvalue weighted by Crippen LogP contribution is -2.46. The standard InChI is InChI=1S/C29H34Cl2FN3O5S/c1-28(2,3)40-27(36)35-15-13-29(14-16-35)11-9-18(10-12-29)39-22-5-4-6-23(25(22)32)41(37,38)34-21-8-7-19(30)24-20(31)17-33-26(21)24/h4-8,17-18,33-34H,9-16H2,1-3H3. The third-order valence-corrected chi connectivity index (χ3v) is 9.96. The van der Waals surface area contributed by atoms with Gasteiger partial charge in [0.25, 0.3) is 10.0 Å². The molecule has 2 fully saturated rings.